The van der Waals surface area contributed by atoms with Crippen LogP contribution in [0.5, 0.6) is 0 Å². The van der Waals surface area contributed by atoms with Crippen LogP contribution in [0.2, 0.25) is 0 Å². The Kier molecular flexibility index (Phi) is 3.33. The molecule has 1 fully saturated rings. The van der Waals surface area contributed by atoms with Crippen molar-refractivity contribution >= 4 is 5.82 Å². The predicted molar refractivity (Wildman–Crippen MR) is 70.4 cm³/mol. The van der Waals surface area contributed by atoms with Gasteiger partial charge in [-0.3, -0.25) is 0 Å². The van der Waals surface area contributed by atoms with Crippen molar-refractivity contribution in [2.24, 2.45) is 0 Å². The Hall–Kier alpha value is -1.16. The molecule has 1 aromatic heterocycles. The average Bonchev–Trinajstić information content (AvgIpc) is 2.27. The van der Waals surface area contributed by atoms with Crippen LogP contribution in [0.3, 0.4) is 0 Å². The van der Waals surface area contributed by atoms with Crippen molar-refractivity contribution in [2.45, 2.75) is 39.7 Å². The summed E-state index contributed by atoms with van der Waals surface area (Å²) in [6, 6.07) is 2.12. The summed E-state index contributed by atoms with van der Waals surface area (Å²) in [6.45, 7) is 11.6. The molecule has 0 radical (unpaired) electrons. The van der Waals surface area contributed by atoms with E-state index in [1.165, 1.54) is 0 Å². The molecule has 0 unspecified atom stereocenters. The third-order valence-electron chi connectivity index (χ3n) is 3.14. The van der Waals surface area contributed by atoms with E-state index in [2.05, 4.69) is 47.0 Å². The third kappa shape index (κ3) is 2.94. The fraction of sp³-hybridized carbons (Fsp3) is 0.692. The third-order valence-corrected chi connectivity index (χ3v) is 3.14. The number of anilines is 1. The van der Waals surface area contributed by atoms with Gasteiger partial charge in [0.25, 0.3) is 0 Å². The predicted octanol–water partition coefficient (Wildman–Crippen LogP) is 1.54. The van der Waals surface area contributed by atoms with Gasteiger partial charge in [-0.05, 0) is 27.2 Å². The van der Waals surface area contributed by atoms with Crippen LogP contribution in [0.1, 0.15) is 32.3 Å². The van der Waals surface area contributed by atoms with Crippen molar-refractivity contribution in [1.82, 2.24) is 15.3 Å². The van der Waals surface area contributed by atoms with Crippen LogP contribution in [0.25, 0.3) is 0 Å². The van der Waals surface area contributed by atoms with Gasteiger partial charge in [0.2, 0.25) is 0 Å². The van der Waals surface area contributed by atoms with Crippen molar-refractivity contribution in [2.75, 3.05) is 24.5 Å². The maximum absolute atomic E-state index is 4.56. The number of nitrogens with zero attached hydrogens (tertiary/aromatic N) is 3. The minimum atomic E-state index is 0.156. The van der Waals surface area contributed by atoms with Gasteiger partial charge in [-0.15, -0.1) is 0 Å². The summed E-state index contributed by atoms with van der Waals surface area (Å²) in [5, 5.41) is 3.52. The topological polar surface area (TPSA) is 41.0 Å². The minimum absolute atomic E-state index is 0.156. The van der Waals surface area contributed by atoms with Crippen LogP contribution in [0.15, 0.2) is 6.07 Å². The number of piperazine rings is 1. The van der Waals surface area contributed by atoms with Gasteiger partial charge >= 0.3 is 0 Å². The molecule has 1 aromatic rings. The maximum Gasteiger partial charge on any atom is 0.132 e. The van der Waals surface area contributed by atoms with E-state index in [0.717, 1.165) is 43.4 Å². The standard InChI is InChI=1S/C13H22N4/c1-5-11-8-12(16-10(2)15-11)17-7-6-14-13(3,4)9-17/h8,14H,5-7,9H2,1-4H3. The Bertz CT molecular complexity index is 400. The van der Waals surface area contributed by atoms with Gasteiger partial charge in [0, 0.05) is 36.9 Å². The Balaban J connectivity index is 2.24. The first kappa shape index (κ1) is 12.3. The molecule has 2 heterocycles. The Morgan fingerprint density at radius 1 is 1.41 bits per heavy atom. The SMILES string of the molecule is CCc1cc(N2CCNC(C)(C)C2)nc(C)n1. The molecule has 1 aliphatic rings. The molecule has 4 nitrogen and oxygen atoms in total. The zero-order valence-electron chi connectivity index (χ0n) is 11.2. The van der Waals surface area contributed by atoms with Crippen LogP contribution in [0, 0.1) is 6.92 Å². The summed E-state index contributed by atoms with van der Waals surface area (Å²) < 4.78 is 0. The zero-order chi connectivity index (χ0) is 12.5. The average molecular weight is 234 g/mol. The molecule has 2 rings (SSSR count). The number of hydrogen-bond donors (Lipinski definition) is 1. The van der Waals surface area contributed by atoms with Gasteiger partial charge in [0.15, 0.2) is 0 Å². The van der Waals surface area contributed by atoms with E-state index in [1.807, 2.05) is 6.92 Å². The van der Waals surface area contributed by atoms with Crippen molar-refractivity contribution < 1.29 is 0 Å². The molecule has 0 aliphatic carbocycles. The number of rotatable bonds is 2. The van der Waals surface area contributed by atoms with E-state index in [-0.39, 0.29) is 5.54 Å². The summed E-state index contributed by atoms with van der Waals surface area (Å²) in [6.07, 6.45) is 0.964. The fourth-order valence-electron chi connectivity index (χ4n) is 2.29. The lowest BCUT2D eigenvalue weighted by molar-refractivity contribution is 0.351. The minimum Gasteiger partial charge on any atom is -0.353 e. The van der Waals surface area contributed by atoms with Gasteiger partial charge in [-0.1, -0.05) is 6.92 Å². The number of nitrogens with one attached hydrogen (secondary N) is 1. The first-order chi connectivity index (χ1) is 8.00. The van der Waals surface area contributed by atoms with E-state index >= 15 is 0 Å². The van der Waals surface area contributed by atoms with E-state index in [1.54, 1.807) is 0 Å². The first-order valence-corrected chi connectivity index (χ1v) is 6.35. The molecule has 0 spiro atoms. The zero-order valence-corrected chi connectivity index (χ0v) is 11.2. The Labute approximate surface area is 103 Å². The summed E-state index contributed by atoms with van der Waals surface area (Å²) in [4.78, 5) is 11.3. The number of aryl methyl sites for hydroxylation is 2. The summed E-state index contributed by atoms with van der Waals surface area (Å²) >= 11 is 0. The molecule has 94 valence electrons. The van der Waals surface area contributed by atoms with Gasteiger partial charge in [0.1, 0.15) is 11.6 Å². The molecule has 0 atom stereocenters. The largest absolute Gasteiger partial charge is 0.353 e. The highest BCUT2D eigenvalue weighted by atomic mass is 15.3. The molecular weight excluding hydrogens is 212 g/mol. The first-order valence-electron chi connectivity index (χ1n) is 6.35. The molecule has 1 aliphatic heterocycles. The fourth-order valence-corrected chi connectivity index (χ4v) is 2.29. The van der Waals surface area contributed by atoms with E-state index < -0.39 is 0 Å². The van der Waals surface area contributed by atoms with E-state index in [0.29, 0.717) is 0 Å². The lowest BCUT2D eigenvalue weighted by Gasteiger charge is -2.39. The van der Waals surface area contributed by atoms with E-state index in [4.69, 9.17) is 0 Å². The maximum atomic E-state index is 4.56. The molecule has 4 heteroatoms. The highest BCUT2D eigenvalue weighted by Gasteiger charge is 2.26. The van der Waals surface area contributed by atoms with Crippen molar-refractivity contribution in [1.29, 1.82) is 0 Å². The molecule has 0 aromatic carbocycles. The quantitative estimate of drug-likeness (QED) is 0.842. The smallest absolute Gasteiger partial charge is 0.132 e. The van der Waals surface area contributed by atoms with Crippen molar-refractivity contribution in [3.05, 3.63) is 17.6 Å². The lowest BCUT2D eigenvalue weighted by atomic mass is 10.0. The summed E-state index contributed by atoms with van der Waals surface area (Å²) in [5.74, 6) is 1.94. The molecular formula is C13H22N4. The summed E-state index contributed by atoms with van der Waals surface area (Å²) in [5.41, 5.74) is 1.28. The lowest BCUT2D eigenvalue weighted by Crippen LogP contribution is -2.57. The second-order valence-electron chi connectivity index (χ2n) is 5.35. The van der Waals surface area contributed by atoms with E-state index in [9.17, 15) is 0 Å². The molecule has 1 saturated heterocycles. The van der Waals surface area contributed by atoms with Gasteiger partial charge in [-0.25, -0.2) is 9.97 Å². The van der Waals surface area contributed by atoms with Crippen LogP contribution in [0.4, 0.5) is 5.82 Å². The summed E-state index contributed by atoms with van der Waals surface area (Å²) in [7, 11) is 0. The van der Waals surface area contributed by atoms with Gasteiger partial charge < -0.3 is 10.2 Å². The molecule has 0 bridgehead atoms. The second kappa shape index (κ2) is 4.61. The normalized spacial score (nSPS) is 19.4. The van der Waals surface area contributed by atoms with Crippen LogP contribution in [-0.2, 0) is 6.42 Å². The number of hydrogen-bond acceptors (Lipinski definition) is 4. The molecule has 0 saturated carbocycles. The van der Waals surface area contributed by atoms with Crippen LogP contribution >= 0.6 is 0 Å². The van der Waals surface area contributed by atoms with Crippen LogP contribution in [-0.4, -0.2) is 35.1 Å². The second-order valence-corrected chi connectivity index (χ2v) is 5.35. The van der Waals surface area contributed by atoms with Crippen molar-refractivity contribution in [3.8, 4) is 0 Å². The van der Waals surface area contributed by atoms with Gasteiger partial charge in [0.05, 0.1) is 0 Å². The Morgan fingerprint density at radius 3 is 2.82 bits per heavy atom. The molecule has 1 N–H and O–H groups in total. The Morgan fingerprint density at radius 2 is 2.18 bits per heavy atom. The van der Waals surface area contributed by atoms with Gasteiger partial charge in [-0.2, -0.15) is 0 Å². The molecule has 0 amide bonds. The molecule has 17 heavy (non-hydrogen) atoms. The van der Waals surface area contributed by atoms with Crippen molar-refractivity contribution in [3.63, 3.8) is 0 Å². The monoisotopic (exact) mass is 234 g/mol. The van der Waals surface area contributed by atoms with Crippen LogP contribution < -0.4 is 10.2 Å². The highest BCUT2D eigenvalue weighted by molar-refractivity contribution is 5.41. The highest BCUT2D eigenvalue weighted by Crippen LogP contribution is 2.18. The number of aromatic nitrogens is 2.